The van der Waals surface area contributed by atoms with Gasteiger partial charge in [0.05, 0.1) is 18.7 Å². The van der Waals surface area contributed by atoms with E-state index in [-0.39, 0.29) is 17.7 Å². The molecule has 8 nitrogen and oxygen atoms in total. The summed E-state index contributed by atoms with van der Waals surface area (Å²) in [7, 11) is 1.58. The van der Waals surface area contributed by atoms with Crippen LogP contribution in [0.25, 0.3) is 11.4 Å². The van der Waals surface area contributed by atoms with Crippen molar-refractivity contribution < 1.29 is 14.3 Å². The Morgan fingerprint density at radius 2 is 2.07 bits per heavy atom. The van der Waals surface area contributed by atoms with Gasteiger partial charge in [-0.2, -0.15) is 5.10 Å². The van der Waals surface area contributed by atoms with Crippen LogP contribution in [-0.4, -0.2) is 52.1 Å². The highest BCUT2D eigenvalue weighted by Gasteiger charge is 2.30. The molecule has 0 aliphatic carbocycles. The maximum atomic E-state index is 12.9. The topological polar surface area (TPSA) is 100 Å². The molecule has 3 aromatic rings. The number of hydrogen-bond donors (Lipinski definition) is 2. The molecule has 2 aromatic heterocycles. The van der Waals surface area contributed by atoms with Crippen molar-refractivity contribution in [1.82, 2.24) is 20.1 Å². The molecule has 4 rings (SSSR count). The van der Waals surface area contributed by atoms with Gasteiger partial charge in [0.2, 0.25) is 5.91 Å². The largest absolute Gasteiger partial charge is 0.497 e. The number of amides is 2. The third-order valence-corrected chi connectivity index (χ3v) is 5.15. The molecule has 0 spiro atoms. The Hall–Kier alpha value is -3.68. The molecule has 154 valence electrons. The monoisotopic (exact) mass is 405 g/mol. The quantitative estimate of drug-likeness (QED) is 0.680. The smallest absolute Gasteiger partial charge is 0.271 e. The summed E-state index contributed by atoms with van der Waals surface area (Å²) in [5.74, 6) is 0.145. The van der Waals surface area contributed by atoms with Crippen LogP contribution in [0.1, 0.15) is 23.3 Å². The van der Waals surface area contributed by atoms with Gasteiger partial charge in [-0.25, -0.2) is 0 Å². The van der Waals surface area contributed by atoms with Crippen LogP contribution in [0.3, 0.4) is 0 Å². The van der Waals surface area contributed by atoms with Gasteiger partial charge >= 0.3 is 0 Å². The minimum atomic E-state index is -0.271. The van der Waals surface area contributed by atoms with E-state index in [2.05, 4.69) is 20.5 Å². The van der Waals surface area contributed by atoms with E-state index in [1.54, 1.807) is 30.3 Å². The number of nitrogens with zero attached hydrogens (tertiary/aromatic N) is 3. The van der Waals surface area contributed by atoms with Gasteiger partial charge in [-0.3, -0.25) is 19.7 Å². The predicted octanol–water partition coefficient (Wildman–Crippen LogP) is 2.97. The molecular formula is C22H23N5O3. The van der Waals surface area contributed by atoms with Gasteiger partial charge in [-0.1, -0.05) is 12.1 Å². The highest BCUT2D eigenvalue weighted by molar-refractivity contribution is 5.95. The second kappa shape index (κ2) is 8.77. The number of methoxy groups -OCH3 is 1. The summed E-state index contributed by atoms with van der Waals surface area (Å²) in [6.07, 6.45) is 3.19. The average Bonchev–Trinajstić information content (AvgIpc) is 3.30. The molecule has 1 aliphatic heterocycles. The molecular weight excluding hydrogens is 382 g/mol. The van der Waals surface area contributed by atoms with Crippen molar-refractivity contribution in [2.24, 2.45) is 5.92 Å². The van der Waals surface area contributed by atoms with Crippen LogP contribution in [0.4, 0.5) is 5.69 Å². The number of rotatable bonds is 5. The molecule has 0 bridgehead atoms. The number of piperidine rings is 1. The Morgan fingerprint density at radius 3 is 2.87 bits per heavy atom. The third-order valence-electron chi connectivity index (χ3n) is 5.15. The van der Waals surface area contributed by atoms with Crippen LogP contribution in [0, 0.1) is 5.92 Å². The summed E-state index contributed by atoms with van der Waals surface area (Å²) in [5.41, 5.74) is 2.38. The Balaban J connectivity index is 1.41. The van der Waals surface area contributed by atoms with Crippen LogP contribution in [0.5, 0.6) is 5.75 Å². The van der Waals surface area contributed by atoms with Crippen molar-refractivity contribution in [2.45, 2.75) is 12.8 Å². The number of hydrogen-bond acceptors (Lipinski definition) is 5. The summed E-state index contributed by atoms with van der Waals surface area (Å²) in [6.45, 7) is 0.978. The summed E-state index contributed by atoms with van der Waals surface area (Å²) < 4.78 is 5.20. The number of aromatic nitrogens is 3. The molecule has 1 aromatic carbocycles. The van der Waals surface area contributed by atoms with E-state index in [9.17, 15) is 9.59 Å². The second-order valence-corrected chi connectivity index (χ2v) is 7.19. The first-order chi connectivity index (χ1) is 14.6. The zero-order chi connectivity index (χ0) is 20.9. The third kappa shape index (κ3) is 4.32. The zero-order valence-electron chi connectivity index (χ0n) is 16.7. The van der Waals surface area contributed by atoms with Crippen molar-refractivity contribution in [3.05, 3.63) is 60.4 Å². The van der Waals surface area contributed by atoms with Gasteiger partial charge in [0.15, 0.2) is 0 Å². The summed E-state index contributed by atoms with van der Waals surface area (Å²) >= 11 is 0. The van der Waals surface area contributed by atoms with Crippen molar-refractivity contribution in [3.8, 4) is 17.1 Å². The first-order valence-corrected chi connectivity index (χ1v) is 9.85. The fraction of sp³-hybridized carbons (Fsp3) is 0.273. The van der Waals surface area contributed by atoms with Crippen LogP contribution in [-0.2, 0) is 4.79 Å². The molecule has 0 unspecified atom stereocenters. The standard InChI is InChI=1S/C22H23N5O3/c1-30-17-8-4-7-16(12-17)24-21(28)15-6-5-11-27(14-15)22(29)20-13-19(25-26-20)18-9-2-3-10-23-18/h2-4,7-10,12-13,15H,5-6,11,14H2,1H3,(H,24,28)(H,25,26)/t15-/m1/s1. The van der Waals surface area contributed by atoms with Gasteiger partial charge in [0, 0.05) is 31.0 Å². The first kappa shape index (κ1) is 19.6. The lowest BCUT2D eigenvalue weighted by Crippen LogP contribution is -2.43. The van der Waals surface area contributed by atoms with E-state index in [4.69, 9.17) is 4.74 Å². The lowest BCUT2D eigenvalue weighted by atomic mass is 9.96. The Kier molecular flexibility index (Phi) is 5.74. The van der Waals surface area contributed by atoms with Crippen molar-refractivity contribution in [1.29, 1.82) is 0 Å². The number of carbonyl (C=O) groups excluding carboxylic acids is 2. The molecule has 1 atom stereocenters. The number of carbonyl (C=O) groups is 2. The van der Waals surface area contributed by atoms with Crippen molar-refractivity contribution in [2.75, 3.05) is 25.5 Å². The molecule has 30 heavy (non-hydrogen) atoms. The molecule has 8 heteroatoms. The van der Waals surface area contributed by atoms with E-state index >= 15 is 0 Å². The van der Waals surface area contributed by atoms with Gasteiger partial charge in [0.1, 0.15) is 17.1 Å². The maximum absolute atomic E-state index is 12.9. The molecule has 0 radical (unpaired) electrons. The van der Waals surface area contributed by atoms with Gasteiger partial charge in [-0.15, -0.1) is 0 Å². The average molecular weight is 405 g/mol. The Labute approximate surface area is 174 Å². The van der Waals surface area contributed by atoms with Crippen molar-refractivity contribution >= 4 is 17.5 Å². The maximum Gasteiger partial charge on any atom is 0.271 e. The highest BCUT2D eigenvalue weighted by atomic mass is 16.5. The number of pyridine rings is 1. The second-order valence-electron chi connectivity index (χ2n) is 7.19. The van der Waals surface area contributed by atoms with Crippen molar-refractivity contribution in [3.63, 3.8) is 0 Å². The minimum Gasteiger partial charge on any atom is -0.497 e. The normalized spacial score (nSPS) is 16.2. The lowest BCUT2D eigenvalue weighted by molar-refractivity contribution is -0.121. The number of nitrogens with one attached hydrogen (secondary N) is 2. The number of H-pyrrole nitrogens is 1. The predicted molar refractivity (Wildman–Crippen MR) is 112 cm³/mol. The van der Waals surface area contributed by atoms with Gasteiger partial charge < -0.3 is 15.0 Å². The van der Waals surface area contributed by atoms with Gasteiger partial charge in [0.25, 0.3) is 5.91 Å². The van der Waals surface area contributed by atoms with Crippen LogP contribution in [0.15, 0.2) is 54.7 Å². The molecule has 3 heterocycles. The Bertz CT molecular complexity index is 1030. The molecule has 1 aliphatic rings. The van der Waals surface area contributed by atoms with E-state index in [0.717, 1.165) is 12.8 Å². The summed E-state index contributed by atoms with van der Waals surface area (Å²) in [6, 6.07) is 14.5. The van der Waals surface area contributed by atoms with Crippen LogP contribution >= 0.6 is 0 Å². The number of aromatic amines is 1. The van der Waals surface area contributed by atoms with Crippen LogP contribution < -0.4 is 10.1 Å². The number of likely N-dealkylation sites (tertiary alicyclic amines) is 1. The van der Waals surface area contributed by atoms with Gasteiger partial charge in [-0.05, 0) is 43.2 Å². The highest BCUT2D eigenvalue weighted by Crippen LogP contribution is 2.23. The van der Waals surface area contributed by atoms with E-state index in [1.807, 2.05) is 36.4 Å². The number of benzene rings is 1. The number of anilines is 1. The molecule has 1 fully saturated rings. The molecule has 2 amide bonds. The molecule has 0 saturated carbocycles. The zero-order valence-corrected chi connectivity index (χ0v) is 16.7. The fourth-order valence-electron chi connectivity index (χ4n) is 3.57. The number of ether oxygens (including phenoxy) is 1. The Morgan fingerprint density at radius 1 is 1.17 bits per heavy atom. The first-order valence-electron chi connectivity index (χ1n) is 9.85. The van der Waals surface area contributed by atoms with E-state index in [0.29, 0.717) is 41.6 Å². The molecule has 1 saturated heterocycles. The van der Waals surface area contributed by atoms with E-state index < -0.39 is 0 Å². The minimum absolute atomic E-state index is 0.0976. The lowest BCUT2D eigenvalue weighted by Gasteiger charge is -2.31. The fourth-order valence-corrected chi connectivity index (χ4v) is 3.57. The molecule has 2 N–H and O–H groups in total. The van der Waals surface area contributed by atoms with E-state index in [1.165, 1.54) is 0 Å². The SMILES string of the molecule is COc1cccc(NC(=O)[C@@H]2CCCN(C(=O)c3cc(-c4ccccn4)n[nH]3)C2)c1. The summed E-state index contributed by atoms with van der Waals surface area (Å²) in [4.78, 5) is 31.6. The van der Waals surface area contributed by atoms with Crippen LogP contribution in [0.2, 0.25) is 0 Å². The summed E-state index contributed by atoms with van der Waals surface area (Å²) in [5, 5.41) is 9.93.